The van der Waals surface area contributed by atoms with E-state index in [1.165, 1.54) is 16.7 Å². The number of ketones is 1. The Morgan fingerprint density at radius 3 is 2.21 bits per heavy atom. The van der Waals surface area contributed by atoms with Crippen LogP contribution in [-0.2, 0) is 22.4 Å². The Bertz CT molecular complexity index is 661. The highest BCUT2D eigenvalue weighted by Crippen LogP contribution is 2.51. The molecule has 3 heteroatoms. The lowest BCUT2D eigenvalue weighted by molar-refractivity contribution is -0.117. The molecule has 3 nitrogen and oxygen atoms in total. The first-order chi connectivity index (χ1) is 11.5. The Morgan fingerprint density at radius 2 is 1.71 bits per heavy atom. The van der Waals surface area contributed by atoms with Crippen LogP contribution < -0.4 is 0 Å². The summed E-state index contributed by atoms with van der Waals surface area (Å²) < 4.78 is 5.76. The first kappa shape index (κ1) is 17.2. The van der Waals surface area contributed by atoms with E-state index in [0.717, 1.165) is 42.6 Å². The first-order valence-corrected chi connectivity index (χ1v) is 9.11. The van der Waals surface area contributed by atoms with E-state index in [4.69, 9.17) is 4.74 Å². The molecule has 3 rings (SSSR count). The van der Waals surface area contributed by atoms with Gasteiger partial charge < -0.3 is 9.84 Å². The van der Waals surface area contributed by atoms with Crippen LogP contribution in [0.15, 0.2) is 17.9 Å². The number of hydrogen-bond acceptors (Lipinski definition) is 3. The van der Waals surface area contributed by atoms with Gasteiger partial charge in [0.15, 0.2) is 5.78 Å². The number of allylic oxidation sites excluding steroid dienone is 2. The number of methoxy groups -OCH3 is 1. The van der Waals surface area contributed by atoms with Crippen LogP contribution in [0, 0.1) is 24.7 Å². The van der Waals surface area contributed by atoms with Gasteiger partial charge in [0.2, 0.25) is 0 Å². The van der Waals surface area contributed by atoms with E-state index >= 15 is 0 Å². The minimum Gasteiger partial charge on any atom is -0.500 e. The van der Waals surface area contributed by atoms with E-state index in [1.807, 2.05) is 0 Å². The number of hydrogen-bond donors (Lipinski definition) is 1. The first-order valence-electron chi connectivity index (χ1n) is 9.11. The average molecular weight is 328 g/mol. The summed E-state index contributed by atoms with van der Waals surface area (Å²) in [5.74, 6) is 1.44. The molecule has 24 heavy (non-hydrogen) atoms. The lowest BCUT2D eigenvalue weighted by Gasteiger charge is -2.18. The standard InChI is InChI=1S/C21H28O3/c1-5-14-7-12(3)8-15(6-2)18(14)19-20(23)16-9-13(11-22)10-17(16)21(19)24-4/h7-8,13,16-17,22H,5-6,9-11H2,1-4H3. The van der Waals surface area contributed by atoms with Gasteiger partial charge in [0.25, 0.3) is 0 Å². The molecule has 1 N–H and O–H groups in total. The minimum atomic E-state index is -0.0113. The molecule has 2 aliphatic rings. The predicted molar refractivity (Wildman–Crippen MR) is 95.7 cm³/mol. The number of fused-ring (bicyclic) bond motifs is 1. The average Bonchev–Trinajstić information content (AvgIpc) is 3.12. The number of benzene rings is 1. The van der Waals surface area contributed by atoms with Gasteiger partial charge in [-0.1, -0.05) is 31.5 Å². The molecule has 0 heterocycles. The summed E-state index contributed by atoms with van der Waals surface area (Å²) in [6.45, 7) is 6.57. The Hall–Kier alpha value is -1.61. The van der Waals surface area contributed by atoms with Crippen LogP contribution in [0.5, 0.6) is 0 Å². The summed E-state index contributed by atoms with van der Waals surface area (Å²) in [5, 5.41) is 9.48. The molecular formula is C21H28O3. The third-order valence-electron chi connectivity index (χ3n) is 5.76. The zero-order chi connectivity index (χ0) is 17.4. The monoisotopic (exact) mass is 328 g/mol. The molecule has 0 radical (unpaired) electrons. The zero-order valence-corrected chi connectivity index (χ0v) is 15.2. The van der Waals surface area contributed by atoms with Crippen LogP contribution in [0.25, 0.3) is 5.57 Å². The molecule has 0 saturated heterocycles. The highest BCUT2D eigenvalue weighted by atomic mass is 16.5. The molecular weight excluding hydrogens is 300 g/mol. The van der Waals surface area contributed by atoms with Gasteiger partial charge in [0.1, 0.15) is 5.76 Å². The van der Waals surface area contributed by atoms with Crippen molar-refractivity contribution >= 4 is 11.4 Å². The Balaban J connectivity index is 2.17. The van der Waals surface area contributed by atoms with Crippen LogP contribution in [0.4, 0.5) is 0 Å². The number of ether oxygens (including phenoxy) is 1. The second-order valence-corrected chi connectivity index (χ2v) is 7.21. The fourth-order valence-corrected chi connectivity index (χ4v) is 4.68. The number of aliphatic hydroxyl groups excluding tert-OH is 1. The number of carbonyl (C=O) groups excluding carboxylic acids is 1. The maximum atomic E-state index is 13.2. The normalized spacial score (nSPS) is 26.2. The molecule has 1 aromatic carbocycles. The number of rotatable bonds is 5. The summed E-state index contributed by atoms with van der Waals surface area (Å²) in [4.78, 5) is 13.2. The molecule has 1 fully saturated rings. The summed E-state index contributed by atoms with van der Waals surface area (Å²) >= 11 is 0. The summed E-state index contributed by atoms with van der Waals surface area (Å²) in [7, 11) is 1.68. The lowest BCUT2D eigenvalue weighted by Crippen LogP contribution is -2.14. The van der Waals surface area contributed by atoms with Gasteiger partial charge >= 0.3 is 0 Å². The van der Waals surface area contributed by atoms with E-state index in [2.05, 4.69) is 32.9 Å². The van der Waals surface area contributed by atoms with E-state index < -0.39 is 0 Å². The minimum absolute atomic E-state index is 0.0113. The van der Waals surface area contributed by atoms with Gasteiger partial charge in [-0.3, -0.25) is 4.79 Å². The predicted octanol–water partition coefficient (Wildman–Crippen LogP) is 3.69. The third kappa shape index (κ3) is 2.59. The largest absolute Gasteiger partial charge is 0.500 e. The van der Waals surface area contributed by atoms with Gasteiger partial charge in [-0.15, -0.1) is 0 Å². The molecule has 3 atom stereocenters. The summed E-state index contributed by atoms with van der Waals surface area (Å²) in [6.07, 6.45) is 3.46. The summed E-state index contributed by atoms with van der Waals surface area (Å²) in [5.41, 5.74) is 5.66. The van der Waals surface area contributed by atoms with Gasteiger partial charge in [-0.2, -0.15) is 0 Å². The summed E-state index contributed by atoms with van der Waals surface area (Å²) in [6, 6.07) is 4.40. The van der Waals surface area contributed by atoms with Crippen LogP contribution in [-0.4, -0.2) is 24.6 Å². The molecule has 1 aromatic rings. The molecule has 0 amide bonds. The Morgan fingerprint density at radius 1 is 1.12 bits per heavy atom. The fraction of sp³-hybridized carbons (Fsp3) is 0.571. The molecule has 0 aromatic heterocycles. The quantitative estimate of drug-likeness (QED) is 0.896. The highest BCUT2D eigenvalue weighted by Gasteiger charge is 2.49. The van der Waals surface area contributed by atoms with Crippen LogP contribution in [0.3, 0.4) is 0 Å². The van der Waals surface area contributed by atoms with Crippen molar-refractivity contribution in [2.45, 2.75) is 46.5 Å². The fourth-order valence-electron chi connectivity index (χ4n) is 4.68. The van der Waals surface area contributed by atoms with Crippen LogP contribution in [0.2, 0.25) is 0 Å². The molecule has 130 valence electrons. The molecule has 2 aliphatic carbocycles. The van der Waals surface area contributed by atoms with E-state index in [1.54, 1.807) is 7.11 Å². The molecule has 1 saturated carbocycles. The van der Waals surface area contributed by atoms with E-state index in [0.29, 0.717) is 0 Å². The Kier molecular flexibility index (Phi) is 4.82. The zero-order valence-electron chi connectivity index (χ0n) is 15.2. The van der Waals surface area contributed by atoms with Crippen molar-refractivity contribution < 1.29 is 14.6 Å². The molecule has 0 aliphatic heterocycles. The highest BCUT2D eigenvalue weighted by molar-refractivity contribution is 6.25. The van der Waals surface area contributed by atoms with Crippen molar-refractivity contribution in [3.63, 3.8) is 0 Å². The molecule has 0 bridgehead atoms. The Labute approximate surface area is 144 Å². The van der Waals surface area contributed by atoms with Crippen molar-refractivity contribution in [1.82, 2.24) is 0 Å². The van der Waals surface area contributed by atoms with Crippen molar-refractivity contribution in [3.8, 4) is 0 Å². The van der Waals surface area contributed by atoms with E-state index in [-0.39, 0.29) is 30.1 Å². The number of aryl methyl sites for hydroxylation is 3. The van der Waals surface area contributed by atoms with Crippen molar-refractivity contribution in [2.75, 3.05) is 13.7 Å². The van der Waals surface area contributed by atoms with Gasteiger partial charge in [-0.05, 0) is 55.2 Å². The van der Waals surface area contributed by atoms with Gasteiger partial charge in [0.05, 0.1) is 12.7 Å². The van der Waals surface area contributed by atoms with Crippen molar-refractivity contribution in [3.05, 3.63) is 40.1 Å². The SMILES string of the molecule is CCc1cc(C)cc(CC)c1C1=C(OC)C2CC(CO)CC2C1=O. The maximum absolute atomic E-state index is 13.2. The molecule has 0 spiro atoms. The van der Waals surface area contributed by atoms with Crippen molar-refractivity contribution in [1.29, 1.82) is 0 Å². The smallest absolute Gasteiger partial charge is 0.170 e. The molecule has 3 unspecified atom stereocenters. The maximum Gasteiger partial charge on any atom is 0.170 e. The van der Waals surface area contributed by atoms with Crippen LogP contribution >= 0.6 is 0 Å². The van der Waals surface area contributed by atoms with E-state index in [9.17, 15) is 9.90 Å². The van der Waals surface area contributed by atoms with Crippen LogP contribution in [0.1, 0.15) is 48.9 Å². The lowest BCUT2D eigenvalue weighted by atomic mass is 9.87. The topological polar surface area (TPSA) is 46.5 Å². The van der Waals surface area contributed by atoms with Crippen molar-refractivity contribution in [2.24, 2.45) is 17.8 Å². The van der Waals surface area contributed by atoms with Gasteiger partial charge in [-0.25, -0.2) is 0 Å². The number of carbonyl (C=O) groups is 1. The van der Waals surface area contributed by atoms with Gasteiger partial charge in [0, 0.05) is 18.4 Å². The third-order valence-corrected chi connectivity index (χ3v) is 5.76. The second kappa shape index (κ2) is 6.72. The second-order valence-electron chi connectivity index (χ2n) is 7.21. The number of Topliss-reactive ketones (excluding diaryl/α,β-unsaturated/α-hetero) is 1. The number of aliphatic hydroxyl groups is 1.